The summed E-state index contributed by atoms with van der Waals surface area (Å²) in [5.41, 5.74) is -0.435. The Kier molecular flexibility index (Phi) is 5.95. The SMILES string of the molecule is CC(C)C(CCO)NC1CC2CCC(C1)N2C(=O)OC(C)(C)C. The lowest BCUT2D eigenvalue weighted by Gasteiger charge is -2.41. The summed E-state index contributed by atoms with van der Waals surface area (Å²) in [6, 6.07) is 1.37. The molecule has 3 atom stereocenters. The van der Waals surface area contributed by atoms with Crippen molar-refractivity contribution in [2.45, 2.75) is 96.5 Å². The van der Waals surface area contributed by atoms with Gasteiger partial charge in [0.2, 0.25) is 0 Å². The van der Waals surface area contributed by atoms with Crippen LogP contribution < -0.4 is 5.32 Å². The van der Waals surface area contributed by atoms with Crippen molar-refractivity contribution >= 4 is 6.09 Å². The minimum Gasteiger partial charge on any atom is -0.444 e. The van der Waals surface area contributed by atoms with Gasteiger partial charge < -0.3 is 20.1 Å². The molecule has 0 spiro atoms. The predicted octanol–water partition coefficient (Wildman–Crippen LogP) is 2.91. The van der Waals surface area contributed by atoms with E-state index in [4.69, 9.17) is 4.74 Å². The maximum absolute atomic E-state index is 12.5. The first-order chi connectivity index (χ1) is 10.7. The molecule has 134 valence electrons. The smallest absolute Gasteiger partial charge is 0.410 e. The molecule has 23 heavy (non-hydrogen) atoms. The molecular formula is C18H34N2O3. The molecule has 0 radical (unpaired) electrons. The molecule has 2 rings (SSSR count). The van der Waals surface area contributed by atoms with Gasteiger partial charge in [-0.1, -0.05) is 13.8 Å². The first-order valence-electron chi connectivity index (χ1n) is 9.09. The summed E-state index contributed by atoms with van der Waals surface area (Å²) in [6.07, 6.45) is 4.77. The summed E-state index contributed by atoms with van der Waals surface area (Å²) in [5.74, 6) is 0.503. The van der Waals surface area contributed by atoms with Crippen LogP contribution in [0.25, 0.3) is 0 Å². The number of hydrogen-bond acceptors (Lipinski definition) is 4. The van der Waals surface area contributed by atoms with Crippen LogP contribution in [0.3, 0.4) is 0 Å². The molecular weight excluding hydrogens is 292 g/mol. The number of ether oxygens (including phenoxy) is 1. The van der Waals surface area contributed by atoms with Crippen LogP contribution in [-0.4, -0.2) is 52.5 Å². The Morgan fingerprint density at radius 2 is 1.83 bits per heavy atom. The molecule has 2 aliphatic rings. The number of carbonyl (C=O) groups is 1. The van der Waals surface area contributed by atoms with Crippen molar-refractivity contribution in [3.63, 3.8) is 0 Å². The lowest BCUT2D eigenvalue weighted by Crippen LogP contribution is -2.54. The lowest BCUT2D eigenvalue weighted by molar-refractivity contribution is 0.00387. The lowest BCUT2D eigenvalue weighted by atomic mass is 9.94. The maximum Gasteiger partial charge on any atom is 0.410 e. The van der Waals surface area contributed by atoms with E-state index in [1.807, 2.05) is 25.7 Å². The fourth-order valence-corrected chi connectivity index (χ4v) is 3.98. The predicted molar refractivity (Wildman–Crippen MR) is 91.4 cm³/mol. The van der Waals surface area contributed by atoms with Crippen LogP contribution in [0.2, 0.25) is 0 Å². The van der Waals surface area contributed by atoms with Gasteiger partial charge >= 0.3 is 6.09 Å². The van der Waals surface area contributed by atoms with Gasteiger partial charge in [0.1, 0.15) is 5.60 Å². The topological polar surface area (TPSA) is 61.8 Å². The summed E-state index contributed by atoms with van der Waals surface area (Å²) < 4.78 is 5.58. The highest BCUT2D eigenvalue weighted by atomic mass is 16.6. The van der Waals surface area contributed by atoms with Gasteiger partial charge in [0.15, 0.2) is 0 Å². The van der Waals surface area contributed by atoms with Crippen LogP contribution in [0.5, 0.6) is 0 Å². The first-order valence-corrected chi connectivity index (χ1v) is 9.09. The zero-order valence-corrected chi connectivity index (χ0v) is 15.3. The van der Waals surface area contributed by atoms with E-state index in [0.717, 1.165) is 32.1 Å². The van der Waals surface area contributed by atoms with E-state index in [2.05, 4.69) is 19.2 Å². The molecule has 0 aromatic carbocycles. The normalized spacial score (nSPS) is 29.0. The highest BCUT2D eigenvalue weighted by molar-refractivity contribution is 5.69. The van der Waals surface area contributed by atoms with E-state index < -0.39 is 5.60 Å². The maximum atomic E-state index is 12.5. The molecule has 2 saturated heterocycles. The minimum absolute atomic E-state index is 0.154. The van der Waals surface area contributed by atoms with Gasteiger partial charge in [-0.05, 0) is 58.8 Å². The first kappa shape index (κ1) is 18.5. The van der Waals surface area contributed by atoms with Crippen molar-refractivity contribution in [3.05, 3.63) is 0 Å². The van der Waals surface area contributed by atoms with E-state index in [1.165, 1.54) is 0 Å². The Bertz CT molecular complexity index is 392. The Morgan fingerprint density at radius 3 is 2.26 bits per heavy atom. The molecule has 1 amide bonds. The van der Waals surface area contributed by atoms with E-state index in [0.29, 0.717) is 30.1 Å². The Labute approximate surface area is 140 Å². The zero-order valence-electron chi connectivity index (χ0n) is 15.3. The summed E-state index contributed by atoms with van der Waals surface area (Å²) >= 11 is 0. The molecule has 0 saturated carbocycles. The number of nitrogens with zero attached hydrogens (tertiary/aromatic N) is 1. The third kappa shape index (κ3) is 4.83. The molecule has 2 heterocycles. The molecule has 0 aromatic heterocycles. The van der Waals surface area contributed by atoms with Gasteiger partial charge in [-0.3, -0.25) is 0 Å². The third-order valence-corrected chi connectivity index (χ3v) is 5.03. The van der Waals surface area contributed by atoms with Gasteiger partial charge in [0, 0.05) is 30.8 Å². The van der Waals surface area contributed by atoms with Crippen LogP contribution in [0.4, 0.5) is 4.79 Å². The van der Waals surface area contributed by atoms with Gasteiger partial charge in [0.25, 0.3) is 0 Å². The highest BCUT2D eigenvalue weighted by Gasteiger charge is 2.45. The molecule has 2 fully saturated rings. The number of aliphatic hydroxyl groups is 1. The summed E-state index contributed by atoms with van der Waals surface area (Å²) in [7, 11) is 0. The molecule has 2 N–H and O–H groups in total. The van der Waals surface area contributed by atoms with Crippen molar-refractivity contribution in [1.29, 1.82) is 0 Å². The number of rotatable bonds is 5. The summed E-state index contributed by atoms with van der Waals surface area (Å²) in [6.45, 7) is 10.4. The molecule has 5 heteroatoms. The van der Waals surface area contributed by atoms with Crippen molar-refractivity contribution in [2.75, 3.05) is 6.61 Å². The average Bonchev–Trinajstić information content (AvgIpc) is 2.68. The molecule has 5 nitrogen and oxygen atoms in total. The molecule has 2 aliphatic heterocycles. The van der Waals surface area contributed by atoms with Crippen LogP contribution in [0, 0.1) is 5.92 Å². The Balaban J connectivity index is 1.95. The molecule has 0 aliphatic carbocycles. The van der Waals surface area contributed by atoms with Gasteiger partial charge in [0.05, 0.1) is 0 Å². The fourth-order valence-electron chi connectivity index (χ4n) is 3.98. The van der Waals surface area contributed by atoms with Crippen molar-refractivity contribution in [1.82, 2.24) is 10.2 Å². The highest BCUT2D eigenvalue weighted by Crippen LogP contribution is 2.37. The van der Waals surface area contributed by atoms with Crippen LogP contribution in [0.15, 0.2) is 0 Å². The van der Waals surface area contributed by atoms with Crippen LogP contribution in [0.1, 0.15) is 66.7 Å². The Morgan fingerprint density at radius 1 is 1.26 bits per heavy atom. The van der Waals surface area contributed by atoms with E-state index in [-0.39, 0.29) is 12.7 Å². The van der Waals surface area contributed by atoms with Crippen molar-refractivity contribution in [3.8, 4) is 0 Å². The number of nitrogens with one attached hydrogen (secondary N) is 1. The van der Waals surface area contributed by atoms with Gasteiger partial charge in [-0.2, -0.15) is 0 Å². The van der Waals surface area contributed by atoms with Gasteiger partial charge in [-0.15, -0.1) is 0 Å². The molecule has 2 bridgehead atoms. The number of piperidine rings is 1. The van der Waals surface area contributed by atoms with E-state index in [9.17, 15) is 9.90 Å². The van der Waals surface area contributed by atoms with E-state index in [1.54, 1.807) is 0 Å². The van der Waals surface area contributed by atoms with Crippen LogP contribution in [-0.2, 0) is 4.74 Å². The number of carbonyl (C=O) groups excluding carboxylic acids is 1. The average molecular weight is 326 g/mol. The zero-order chi connectivity index (χ0) is 17.2. The second kappa shape index (κ2) is 7.39. The molecule has 0 aromatic rings. The molecule has 3 unspecified atom stereocenters. The second-order valence-electron chi connectivity index (χ2n) is 8.47. The largest absolute Gasteiger partial charge is 0.444 e. The van der Waals surface area contributed by atoms with Crippen LogP contribution >= 0.6 is 0 Å². The van der Waals surface area contributed by atoms with Crippen molar-refractivity contribution in [2.24, 2.45) is 5.92 Å². The number of fused-ring (bicyclic) bond motifs is 2. The standard InChI is InChI=1S/C18H34N2O3/c1-12(2)16(8-9-21)19-13-10-14-6-7-15(11-13)20(14)17(22)23-18(3,4)5/h12-16,19,21H,6-11H2,1-5H3. The fraction of sp³-hybridized carbons (Fsp3) is 0.944. The number of aliphatic hydroxyl groups excluding tert-OH is 1. The third-order valence-electron chi connectivity index (χ3n) is 5.03. The second-order valence-corrected chi connectivity index (χ2v) is 8.47. The Hall–Kier alpha value is -0.810. The summed E-state index contributed by atoms with van der Waals surface area (Å²) in [4.78, 5) is 14.5. The number of hydrogen-bond donors (Lipinski definition) is 2. The van der Waals surface area contributed by atoms with E-state index >= 15 is 0 Å². The summed E-state index contributed by atoms with van der Waals surface area (Å²) in [5, 5.41) is 13.0. The number of amides is 1. The van der Waals surface area contributed by atoms with Gasteiger partial charge in [-0.25, -0.2) is 4.79 Å². The monoisotopic (exact) mass is 326 g/mol. The minimum atomic E-state index is -0.435. The quantitative estimate of drug-likeness (QED) is 0.815. The van der Waals surface area contributed by atoms with Crippen molar-refractivity contribution < 1.29 is 14.6 Å².